The molecule has 0 atom stereocenters. The Morgan fingerprint density at radius 2 is 1.96 bits per heavy atom. The van der Waals surface area contributed by atoms with Crippen molar-refractivity contribution in [1.82, 2.24) is 5.43 Å². The molecular formula is C18H19Cl2N3O2. The van der Waals surface area contributed by atoms with Crippen LogP contribution in [0, 0.1) is 0 Å². The van der Waals surface area contributed by atoms with Crippen LogP contribution in [-0.2, 0) is 4.79 Å². The smallest absolute Gasteiger partial charge is 0.240 e. The van der Waals surface area contributed by atoms with E-state index in [1.54, 1.807) is 25.3 Å². The molecular weight excluding hydrogens is 361 g/mol. The first kappa shape index (κ1) is 19.1. The maximum atomic E-state index is 11.7. The van der Waals surface area contributed by atoms with E-state index in [0.29, 0.717) is 35.0 Å². The van der Waals surface area contributed by atoms with Gasteiger partial charge in [-0.3, -0.25) is 4.79 Å². The van der Waals surface area contributed by atoms with Gasteiger partial charge in [0.1, 0.15) is 5.75 Å². The summed E-state index contributed by atoms with van der Waals surface area (Å²) in [5.74, 6) is 0.654. The van der Waals surface area contributed by atoms with Gasteiger partial charge in [0.15, 0.2) is 0 Å². The molecule has 2 N–H and O–H groups in total. The van der Waals surface area contributed by atoms with Crippen LogP contribution in [0.1, 0.15) is 18.4 Å². The van der Waals surface area contributed by atoms with Crippen molar-refractivity contribution in [1.29, 1.82) is 0 Å². The summed E-state index contributed by atoms with van der Waals surface area (Å²) in [6, 6.07) is 12.7. The number of anilines is 1. The molecule has 0 aromatic heterocycles. The van der Waals surface area contributed by atoms with Crippen molar-refractivity contribution in [2.45, 2.75) is 12.8 Å². The molecule has 0 radical (unpaired) electrons. The molecule has 0 aliphatic rings. The number of hydrazone groups is 1. The SMILES string of the molecule is COc1ccc(NCCCC(=O)NN=Cc2ccc(Cl)cc2Cl)cc1. The molecule has 2 aromatic rings. The van der Waals surface area contributed by atoms with Gasteiger partial charge in [0.25, 0.3) is 0 Å². The average Bonchev–Trinajstić information content (AvgIpc) is 2.61. The summed E-state index contributed by atoms with van der Waals surface area (Å²) >= 11 is 11.8. The molecule has 0 spiro atoms. The van der Waals surface area contributed by atoms with Crippen molar-refractivity contribution in [2.24, 2.45) is 5.10 Å². The van der Waals surface area contributed by atoms with Crippen molar-refractivity contribution in [3.63, 3.8) is 0 Å². The average molecular weight is 380 g/mol. The number of benzene rings is 2. The van der Waals surface area contributed by atoms with Crippen LogP contribution in [-0.4, -0.2) is 25.8 Å². The number of carbonyl (C=O) groups excluding carboxylic acids is 1. The molecule has 25 heavy (non-hydrogen) atoms. The van der Waals surface area contributed by atoms with Gasteiger partial charge in [-0.15, -0.1) is 0 Å². The Labute approximate surface area is 157 Å². The summed E-state index contributed by atoms with van der Waals surface area (Å²) in [5, 5.41) is 8.18. The van der Waals surface area contributed by atoms with Crippen molar-refractivity contribution in [3.8, 4) is 5.75 Å². The summed E-state index contributed by atoms with van der Waals surface area (Å²) < 4.78 is 5.10. The zero-order valence-electron chi connectivity index (χ0n) is 13.8. The summed E-state index contributed by atoms with van der Waals surface area (Å²) in [5.41, 5.74) is 4.15. The molecule has 5 nitrogen and oxygen atoms in total. The number of hydrogen-bond acceptors (Lipinski definition) is 4. The molecule has 0 unspecified atom stereocenters. The molecule has 2 aromatic carbocycles. The Hall–Kier alpha value is -2.24. The normalized spacial score (nSPS) is 10.7. The standard InChI is InChI=1S/C18H19Cl2N3O2/c1-25-16-8-6-15(7-9-16)21-10-2-3-18(24)23-22-12-13-4-5-14(19)11-17(13)20/h4-9,11-12,21H,2-3,10H2,1H3,(H,23,24). The molecule has 0 bridgehead atoms. The predicted molar refractivity (Wildman–Crippen MR) is 103 cm³/mol. The van der Waals surface area contributed by atoms with E-state index in [-0.39, 0.29) is 5.91 Å². The maximum absolute atomic E-state index is 11.7. The largest absolute Gasteiger partial charge is 0.497 e. The fraction of sp³-hybridized carbons (Fsp3) is 0.222. The number of hydrogen-bond donors (Lipinski definition) is 2. The lowest BCUT2D eigenvalue weighted by molar-refractivity contribution is -0.121. The highest BCUT2D eigenvalue weighted by atomic mass is 35.5. The van der Waals surface area contributed by atoms with Crippen LogP contribution < -0.4 is 15.5 Å². The number of halogens is 2. The molecule has 0 saturated carbocycles. The quantitative estimate of drug-likeness (QED) is 0.407. The number of carbonyl (C=O) groups is 1. The van der Waals surface area contributed by atoms with Crippen LogP contribution >= 0.6 is 23.2 Å². The molecule has 132 valence electrons. The first-order chi connectivity index (χ1) is 12.1. The maximum Gasteiger partial charge on any atom is 0.240 e. The van der Waals surface area contributed by atoms with Crippen LogP contribution in [0.2, 0.25) is 10.0 Å². The van der Waals surface area contributed by atoms with Crippen LogP contribution in [0.25, 0.3) is 0 Å². The number of methoxy groups -OCH3 is 1. The molecule has 0 aliphatic heterocycles. The lowest BCUT2D eigenvalue weighted by atomic mass is 10.2. The zero-order chi connectivity index (χ0) is 18.1. The predicted octanol–water partition coefficient (Wildman–Crippen LogP) is 4.34. The van der Waals surface area contributed by atoms with E-state index in [2.05, 4.69) is 15.8 Å². The molecule has 0 fully saturated rings. The Kier molecular flexibility index (Phi) is 7.57. The Morgan fingerprint density at radius 3 is 2.64 bits per heavy atom. The minimum Gasteiger partial charge on any atom is -0.497 e. The summed E-state index contributed by atoms with van der Waals surface area (Å²) in [6.07, 6.45) is 2.55. The van der Waals surface area contributed by atoms with E-state index in [9.17, 15) is 4.79 Å². The molecule has 1 amide bonds. The third kappa shape index (κ3) is 6.64. The van der Waals surface area contributed by atoms with Crippen molar-refractivity contribution < 1.29 is 9.53 Å². The second-order valence-corrected chi connectivity index (χ2v) is 6.06. The van der Waals surface area contributed by atoms with Gasteiger partial charge in [0.05, 0.1) is 18.3 Å². The van der Waals surface area contributed by atoms with Gasteiger partial charge in [0, 0.05) is 29.2 Å². The fourth-order valence-electron chi connectivity index (χ4n) is 2.03. The van der Waals surface area contributed by atoms with E-state index in [0.717, 1.165) is 11.4 Å². The summed E-state index contributed by atoms with van der Waals surface area (Å²) in [7, 11) is 1.63. The Bertz CT molecular complexity index is 734. The lowest BCUT2D eigenvalue weighted by Crippen LogP contribution is -2.18. The monoisotopic (exact) mass is 379 g/mol. The minimum absolute atomic E-state index is 0.155. The van der Waals surface area contributed by atoms with E-state index >= 15 is 0 Å². The van der Waals surface area contributed by atoms with E-state index in [4.69, 9.17) is 27.9 Å². The molecule has 0 aliphatic carbocycles. The highest BCUT2D eigenvalue weighted by Gasteiger charge is 2.01. The number of rotatable bonds is 8. The highest BCUT2D eigenvalue weighted by molar-refractivity contribution is 6.36. The number of nitrogens with zero attached hydrogens (tertiary/aromatic N) is 1. The number of nitrogens with one attached hydrogen (secondary N) is 2. The molecule has 7 heteroatoms. The summed E-state index contributed by atoms with van der Waals surface area (Å²) in [4.78, 5) is 11.7. The zero-order valence-corrected chi connectivity index (χ0v) is 15.3. The molecule has 0 saturated heterocycles. The molecule has 2 rings (SSSR count). The Balaban J connectivity index is 1.67. The van der Waals surface area contributed by atoms with Gasteiger partial charge < -0.3 is 10.1 Å². The molecule has 0 heterocycles. The highest BCUT2D eigenvalue weighted by Crippen LogP contribution is 2.19. The van der Waals surface area contributed by atoms with Crippen LogP contribution in [0.4, 0.5) is 5.69 Å². The lowest BCUT2D eigenvalue weighted by Gasteiger charge is -2.07. The third-order valence-electron chi connectivity index (χ3n) is 3.36. The van der Waals surface area contributed by atoms with Crippen molar-refractivity contribution >= 4 is 41.0 Å². The van der Waals surface area contributed by atoms with Gasteiger partial charge >= 0.3 is 0 Å². The van der Waals surface area contributed by atoms with Gasteiger partial charge in [0.2, 0.25) is 5.91 Å². The van der Waals surface area contributed by atoms with Crippen LogP contribution in [0.5, 0.6) is 5.75 Å². The van der Waals surface area contributed by atoms with Crippen LogP contribution in [0.3, 0.4) is 0 Å². The number of ether oxygens (including phenoxy) is 1. The topological polar surface area (TPSA) is 62.7 Å². The van der Waals surface area contributed by atoms with Gasteiger partial charge in [-0.25, -0.2) is 5.43 Å². The van der Waals surface area contributed by atoms with E-state index in [1.165, 1.54) is 6.21 Å². The van der Waals surface area contributed by atoms with Crippen LogP contribution in [0.15, 0.2) is 47.6 Å². The van der Waals surface area contributed by atoms with Crippen molar-refractivity contribution in [3.05, 3.63) is 58.1 Å². The number of amides is 1. The first-order valence-electron chi connectivity index (χ1n) is 7.73. The minimum atomic E-state index is -0.155. The fourth-order valence-corrected chi connectivity index (χ4v) is 2.48. The first-order valence-corrected chi connectivity index (χ1v) is 8.49. The van der Waals surface area contributed by atoms with Crippen molar-refractivity contribution in [2.75, 3.05) is 19.0 Å². The van der Waals surface area contributed by atoms with E-state index < -0.39 is 0 Å². The van der Waals surface area contributed by atoms with Gasteiger partial charge in [-0.1, -0.05) is 29.3 Å². The summed E-state index contributed by atoms with van der Waals surface area (Å²) in [6.45, 7) is 0.687. The second kappa shape index (κ2) is 9.91. The second-order valence-electron chi connectivity index (χ2n) is 5.22. The van der Waals surface area contributed by atoms with Gasteiger partial charge in [-0.05, 0) is 42.8 Å². The third-order valence-corrected chi connectivity index (χ3v) is 3.92. The van der Waals surface area contributed by atoms with E-state index in [1.807, 2.05) is 24.3 Å². The Morgan fingerprint density at radius 1 is 1.20 bits per heavy atom. The van der Waals surface area contributed by atoms with Gasteiger partial charge in [-0.2, -0.15) is 5.10 Å².